The number of rotatable bonds is 4. The predicted octanol–water partition coefficient (Wildman–Crippen LogP) is 4.60. The van der Waals surface area contributed by atoms with E-state index in [4.69, 9.17) is 18.9 Å². The minimum Gasteiger partial charge on any atom is -0.497 e. The topological polar surface area (TPSA) is 113 Å². The molecule has 4 aromatic rings. The van der Waals surface area contributed by atoms with E-state index in [2.05, 4.69) is 15.6 Å². The first-order valence-corrected chi connectivity index (χ1v) is 13.7. The van der Waals surface area contributed by atoms with Gasteiger partial charge in [-0.1, -0.05) is 0 Å². The Morgan fingerprint density at radius 1 is 1.07 bits per heavy atom. The van der Waals surface area contributed by atoms with Crippen molar-refractivity contribution in [2.24, 2.45) is 0 Å². The van der Waals surface area contributed by atoms with Crippen molar-refractivity contribution in [2.45, 2.75) is 38.5 Å². The minimum atomic E-state index is -0.478. The van der Waals surface area contributed by atoms with Crippen LogP contribution in [-0.4, -0.2) is 47.8 Å². The summed E-state index contributed by atoms with van der Waals surface area (Å²) in [5, 5.41) is 6.11. The molecular formula is C32H32N4O6. The lowest BCUT2D eigenvalue weighted by atomic mass is 9.89. The minimum absolute atomic E-state index is 0.191. The zero-order valence-corrected chi connectivity index (χ0v) is 23.9. The SMILES string of the molecule is COc1ccc2c(c1)C(NC(=O)c1cc3cc(c1)-n1ccnc1-c1ccc(OC)c(c1)OCC(=O)NC3)CC(C)(C)O2. The van der Waals surface area contributed by atoms with Gasteiger partial charge in [-0.3, -0.25) is 14.2 Å². The van der Waals surface area contributed by atoms with E-state index in [1.165, 1.54) is 0 Å². The Balaban J connectivity index is 1.39. The highest BCUT2D eigenvalue weighted by atomic mass is 16.5. The number of carbonyl (C=O) groups is 2. The van der Waals surface area contributed by atoms with Crippen LogP contribution in [0.25, 0.3) is 17.1 Å². The van der Waals surface area contributed by atoms with Gasteiger partial charge < -0.3 is 29.6 Å². The molecule has 3 heterocycles. The van der Waals surface area contributed by atoms with Gasteiger partial charge in [0, 0.05) is 47.7 Å². The summed E-state index contributed by atoms with van der Waals surface area (Å²) in [7, 11) is 3.16. The van der Waals surface area contributed by atoms with E-state index >= 15 is 0 Å². The number of nitrogens with one attached hydrogen (secondary N) is 2. The van der Waals surface area contributed by atoms with E-state index in [1.807, 2.05) is 61.0 Å². The molecule has 2 aliphatic rings. The van der Waals surface area contributed by atoms with Gasteiger partial charge in [-0.25, -0.2) is 4.98 Å². The van der Waals surface area contributed by atoms with Crippen LogP contribution in [0.1, 0.15) is 47.8 Å². The maximum Gasteiger partial charge on any atom is 0.258 e. The summed E-state index contributed by atoms with van der Waals surface area (Å²) in [6.45, 7) is 4.02. The number of aromatic nitrogens is 2. The number of nitrogens with zero attached hydrogens (tertiary/aromatic N) is 2. The van der Waals surface area contributed by atoms with Crippen molar-refractivity contribution in [1.29, 1.82) is 0 Å². The average Bonchev–Trinajstić information content (AvgIpc) is 3.48. The Hall–Kier alpha value is -4.99. The summed E-state index contributed by atoms with van der Waals surface area (Å²) in [6, 6.07) is 16.3. The lowest BCUT2D eigenvalue weighted by Gasteiger charge is -2.38. The third kappa shape index (κ3) is 5.35. The van der Waals surface area contributed by atoms with Crippen LogP contribution < -0.4 is 29.6 Å². The molecule has 1 atom stereocenters. The Kier molecular flexibility index (Phi) is 6.97. The third-order valence-corrected chi connectivity index (χ3v) is 7.41. The molecule has 10 heteroatoms. The summed E-state index contributed by atoms with van der Waals surface area (Å²) in [5.41, 5.74) is 3.08. The molecule has 0 radical (unpaired) electrons. The van der Waals surface area contributed by atoms with Crippen LogP contribution in [0.4, 0.5) is 0 Å². The maximum atomic E-state index is 13.9. The zero-order chi connectivity index (χ0) is 29.4. The summed E-state index contributed by atoms with van der Waals surface area (Å²) >= 11 is 0. The lowest BCUT2D eigenvalue weighted by Crippen LogP contribution is -2.41. The second kappa shape index (κ2) is 10.8. The standard InChI is InChI=1S/C32H32N4O6/c1-32(2)16-25(24-15-23(39-3)6-8-26(24)42-32)35-31(38)21-11-19-12-22(13-21)36-10-9-33-30(36)20-5-7-27(40-4)28(14-20)41-18-29(37)34-17-19/h5-15,25H,16-18H2,1-4H3,(H,34,37)(H,35,38). The van der Waals surface area contributed by atoms with Gasteiger partial charge in [0.15, 0.2) is 18.1 Å². The summed E-state index contributed by atoms with van der Waals surface area (Å²) in [6.07, 6.45) is 4.12. The van der Waals surface area contributed by atoms with Gasteiger partial charge in [0.25, 0.3) is 11.8 Å². The van der Waals surface area contributed by atoms with Crippen LogP contribution in [0.3, 0.4) is 0 Å². The second-order valence-corrected chi connectivity index (χ2v) is 10.9. The summed E-state index contributed by atoms with van der Waals surface area (Å²) in [4.78, 5) is 31.1. The highest BCUT2D eigenvalue weighted by molar-refractivity contribution is 5.95. The molecule has 216 valence electrons. The smallest absolute Gasteiger partial charge is 0.258 e. The van der Waals surface area contributed by atoms with E-state index < -0.39 is 5.60 Å². The molecular weight excluding hydrogens is 536 g/mol. The van der Waals surface area contributed by atoms with Crippen LogP contribution in [0, 0.1) is 0 Å². The van der Waals surface area contributed by atoms with Crippen molar-refractivity contribution in [3.05, 3.63) is 83.7 Å². The number of benzene rings is 3. The number of carbonyl (C=O) groups excluding carboxylic acids is 2. The maximum absolute atomic E-state index is 13.9. The monoisotopic (exact) mass is 568 g/mol. The van der Waals surface area contributed by atoms with Gasteiger partial charge in [-0.15, -0.1) is 0 Å². The molecule has 4 bridgehead atoms. The van der Waals surface area contributed by atoms with Gasteiger partial charge in [0.2, 0.25) is 0 Å². The summed E-state index contributed by atoms with van der Waals surface area (Å²) < 4.78 is 24.8. The number of hydrogen-bond acceptors (Lipinski definition) is 7. The highest BCUT2D eigenvalue weighted by Crippen LogP contribution is 2.41. The molecule has 6 rings (SSSR count). The molecule has 10 nitrogen and oxygen atoms in total. The Labute approximate surface area is 243 Å². The fraction of sp³-hybridized carbons (Fsp3) is 0.281. The van der Waals surface area contributed by atoms with Gasteiger partial charge >= 0.3 is 0 Å². The predicted molar refractivity (Wildman–Crippen MR) is 155 cm³/mol. The first-order valence-electron chi connectivity index (χ1n) is 13.7. The number of fused-ring (bicyclic) bond motifs is 8. The molecule has 0 aliphatic carbocycles. The largest absolute Gasteiger partial charge is 0.497 e. The molecule has 1 aromatic heterocycles. The fourth-order valence-corrected chi connectivity index (χ4v) is 5.43. The molecule has 0 saturated heterocycles. The van der Waals surface area contributed by atoms with Crippen LogP contribution in [-0.2, 0) is 11.3 Å². The highest BCUT2D eigenvalue weighted by Gasteiger charge is 2.35. The van der Waals surface area contributed by atoms with Crippen molar-refractivity contribution in [1.82, 2.24) is 20.2 Å². The molecule has 3 aromatic carbocycles. The molecule has 0 spiro atoms. The van der Waals surface area contributed by atoms with Gasteiger partial charge in [-0.2, -0.15) is 0 Å². The lowest BCUT2D eigenvalue weighted by molar-refractivity contribution is -0.123. The first kappa shape index (κ1) is 27.2. The molecule has 42 heavy (non-hydrogen) atoms. The zero-order valence-electron chi connectivity index (χ0n) is 23.9. The Morgan fingerprint density at radius 3 is 2.74 bits per heavy atom. The van der Waals surface area contributed by atoms with E-state index in [0.29, 0.717) is 40.8 Å². The molecule has 2 N–H and O–H groups in total. The van der Waals surface area contributed by atoms with Crippen LogP contribution in [0.2, 0.25) is 0 Å². The normalized spacial score (nSPS) is 17.0. The van der Waals surface area contributed by atoms with Crippen molar-refractivity contribution in [3.63, 3.8) is 0 Å². The number of ether oxygens (including phenoxy) is 4. The van der Waals surface area contributed by atoms with Crippen molar-refractivity contribution < 1.29 is 28.5 Å². The van der Waals surface area contributed by atoms with Crippen molar-refractivity contribution in [3.8, 4) is 40.1 Å². The van der Waals surface area contributed by atoms with Crippen molar-refractivity contribution in [2.75, 3.05) is 20.8 Å². The third-order valence-electron chi connectivity index (χ3n) is 7.41. The molecule has 1 unspecified atom stereocenters. The molecule has 0 fully saturated rings. The van der Waals surface area contributed by atoms with Gasteiger partial charge in [0.1, 0.15) is 22.9 Å². The number of hydrogen-bond donors (Lipinski definition) is 2. The Bertz CT molecular complexity index is 1680. The average molecular weight is 569 g/mol. The number of amides is 2. The quantitative estimate of drug-likeness (QED) is 0.370. The van der Waals surface area contributed by atoms with Crippen LogP contribution >= 0.6 is 0 Å². The molecule has 0 saturated carbocycles. The second-order valence-electron chi connectivity index (χ2n) is 10.9. The van der Waals surface area contributed by atoms with Crippen LogP contribution in [0.5, 0.6) is 23.0 Å². The van der Waals surface area contributed by atoms with Gasteiger partial charge in [0.05, 0.1) is 20.3 Å². The summed E-state index contributed by atoms with van der Waals surface area (Å²) in [5.74, 6) is 2.44. The first-order chi connectivity index (χ1) is 20.2. The van der Waals surface area contributed by atoms with Crippen LogP contribution in [0.15, 0.2) is 67.0 Å². The van der Waals surface area contributed by atoms with E-state index in [0.717, 1.165) is 22.4 Å². The van der Waals surface area contributed by atoms with E-state index in [-0.39, 0.29) is 31.0 Å². The van der Waals surface area contributed by atoms with E-state index in [1.54, 1.807) is 38.6 Å². The molecule has 2 aliphatic heterocycles. The fourth-order valence-electron chi connectivity index (χ4n) is 5.43. The molecule has 2 amide bonds. The van der Waals surface area contributed by atoms with Gasteiger partial charge in [-0.05, 0) is 74.0 Å². The number of imidazole rings is 1. The van der Waals surface area contributed by atoms with E-state index in [9.17, 15) is 9.59 Å². The Morgan fingerprint density at radius 2 is 1.93 bits per heavy atom. The number of methoxy groups -OCH3 is 2. The van der Waals surface area contributed by atoms with Crippen molar-refractivity contribution >= 4 is 11.8 Å².